The van der Waals surface area contributed by atoms with Crippen LogP contribution in [-0.4, -0.2) is 17.0 Å². The van der Waals surface area contributed by atoms with E-state index in [2.05, 4.69) is 13.8 Å². The largest absolute Gasteiger partial charge is 0.385 e. The number of rotatable bonds is 2. The minimum absolute atomic E-state index is 0.217. The van der Waals surface area contributed by atoms with E-state index in [1.165, 1.54) is 0 Å². The summed E-state index contributed by atoms with van der Waals surface area (Å²) < 4.78 is 0. The lowest BCUT2D eigenvalue weighted by atomic mass is 9.67. The number of hydrogen-bond acceptors (Lipinski definition) is 3. The monoisotopic (exact) mass is 281 g/mol. The molecule has 0 saturated heterocycles. The lowest BCUT2D eigenvalue weighted by molar-refractivity contribution is -0.138. The van der Waals surface area contributed by atoms with Crippen molar-refractivity contribution in [3.8, 4) is 0 Å². The van der Waals surface area contributed by atoms with Crippen molar-refractivity contribution >= 4 is 17.4 Å². The first-order valence-electron chi connectivity index (χ1n) is 6.62. The molecule has 4 heteroatoms. The molecule has 1 aromatic carbocycles. The minimum Gasteiger partial charge on any atom is -0.385 e. The number of carbonyl (C=O) groups excluding carboxylic acids is 1. The first-order valence-corrected chi connectivity index (χ1v) is 7.00. The molecular formula is C15H20ClNO2. The predicted octanol–water partition coefficient (Wildman–Crippen LogP) is 2.49. The zero-order valence-corrected chi connectivity index (χ0v) is 12.0. The average molecular weight is 282 g/mol. The van der Waals surface area contributed by atoms with Crippen LogP contribution in [0.1, 0.15) is 32.3 Å². The van der Waals surface area contributed by atoms with Crippen molar-refractivity contribution in [3.05, 3.63) is 34.9 Å². The lowest BCUT2D eigenvalue weighted by Gasteiger charge is -2.41. The van der Waals surface area contributed by atoms with E-state index in [1.54, 1.807) is 18.2 Å². The Bertz CT molecular complexity index is 489. The van der Waals surface area contributed by atoms with E-state index in [0.29, 0.717) is 29.3 Å². The third-order valence-corrected chi connectivity index (χ3v) is 4.48. The summed E-state index contributed by atoms with van der Waals surface area (Å²) in [6, 6.07) is 7.12. The Kier molecular flexibility index (Phi) is 4.00. The van der Waals surface area contributed by atoms with Crippen LogP contribution in [0.2, 0.25) is 5.02 Å². The molecule has 0 heterocycles. The molecule has 0 amide bonds. The fourth-order valence-corrected chi connectivity index (χ4v) is 3.17. The van der Waals surface area contributed by atoms with Crippen LogP contribution >= 0.6 is 11.6 Å². The van der Waals surface area contributed by atoms with Crippen LogP contribution in [0.5, 0.6) is 0 Å². The second-order valence-electron chi connectivity index (χ2n) is 5.78. The number of aliphatic hydroxyl groups excluding tert-OH is 1. The van der Waals surface area contributed by atoms with Crippen LogP contribution < -0.4 is 5.73 Å². The number of Topliss-reactive ketones (excluding diaryl/α,β-unsaturated/α-hetero) is 1. The van der Waals surface area contributed by atoms with Crippen molar-refractivity contribution in [2.75, 3.05) is 0 Å². The molecule has 0 radical (unpaired) electrons. The van der Waals surface area contributed by atoms with Gasteiger partial charge in [-0.1, -0.05) is 43.6 Å². The van der Waals surface area contributed by atoms with Crippen molar-refractivity contribution in [1.82, 2.24) is 0 Å². The second-order valence-corrected chi connectivity index (χ2v) is 6.18. The molecule has 0 aromatic heterocycles. The summed E-state index contributed by atoms with van der Waals surface area (Å²) in [5.41, 5.74) is 5.79. The Hall–Kier alpha value is -0.900. The van der Waals surface area contributed by atoms with E-state index in [4.69, 9.17) is 17.3 Å². The SMILES string of the molecule is CC(C)[C@H]1C[C@H](O)C(=O)[C@@](N)(c2ccccc2Cl)C1. The van der Waals surface area contributed by atoms with Gasteiger partial charge in [0, 0.05) is 5.02 Å². The maximum Gasteiger partial charge on any atom is 0.185 e. The zero-order valence-electron chi connectivity index (χ0n) is 11.3. The van der Waals surface area contributed by atoms with Crippen LogP contribution in [0.3, 0.4) is 0 Å². The Morgan fingerprint density at radius 1 is 1.42 bits per heavy atom. The molecule has 0 spiro atoms. The zero-order chi connectivity index (χ0) is 14.2. The van der Waals surface area contributed by atoms with Gasteiger partial charge in [-0.25, -0.2) is 0 Å². The molecule has 1 fully saturated rings. The van der Waals surface area contributed by atoms with Crippen molar-refractivity contribution in [2.45, 2.75) is 38.3 Å². The molecule has 19 heavy (non-hydrogen) atoms. The van der Waals surface area contributed by atoms with Crippen LogP contribution in [0.25, 0.3) is 0 Å². The summed E-state index contributed by atoms with van der Waals surface area (Å²) >= 11 is 6.17. The maximum absolute atomic E-state index is 12.3. The van der Waals surface area contributed by atoms with Gasteiger partial charge in [-0.05, 0) is 36.3 Å². The molecule has 104 valence electrons. The number of carbonyl (C=O) groups is 1. The number of halogens is 1. The van der Waals surface area contributed by atoms with Gasteiger partial charge in [-0.2, -0.15) is 0 Å². The molecule has 0 aliphatic heterocycles. The van der Waals surface area contributed by atoms with Crippen molar-refractivity contribution < 1.29 is 9.90 Å². The highest BCUT2D eigenvalue weighted by atomic mass is 35.5. The van der Waals surface area contributed by atoms with Crippen LogP contribution in [0, 0.1) is 11.8 Å². The van der Waals surface area contributed by atoms with Crippen molar-refractivity contribution in [1.29, 1.82) is 0 Å². The average Bonchev–Trinajstić information content (AvgIpc) is 2.35. The Morgan fingerprint density at radius 3 is 2.63 bits per heavy atom. The summed E-state index contributed by atoms with van der Waals surface area (Å²) in [6.07, 6.45) is 0.0203. The van der Waals surface area contributed by atoms with Gasteiger partial charge in [0.1, 0.15) is 11.6 Å². The van der Waals surface area contributed by atoms with Gasteiger partial charge in [-0.3, -0.25) is 4.79 Å². The number of ketones is 1. The van der Waals surface area contributed by atoms with Crippen LogP contribution in [0.4, 0.5) is 0 Å². The van der Waals surface area contributed by atoms with Gasteiger partial charge in [0.25, 0.3) is 0 Å². The fraction of sp³-hybridized carbons (Fsp3) is 0.533. The summed E-state index contributed by atoms with van der Waals surface area (Å²) in [5, 5.41) is 10.5. The highest BCUT2D eigenvalue weighted by Gasteiger charge is 2.47. The van der Waals surface area contributed by atoms with E-state index in [9.17, 15) is 9.90 Å². The van der Waals surface area contributed by atoms with Crippen LogP contribution in [-0.2, 0) is 10.3 Å². The fourth-order valence-electron chi connectivity index (χ4n) is 2.86. The molecular weight excluding hydrogens is 262 g/mol. The number of nitrogens with two attached hydrogens (primary N) is 1. The second kappa shape index (κ2) is 5.23. The normalized spacial score (nSPS) is 31.8. The van der Waals surface area contributed by atoms with E-state index < -0.39 is 11.6 Å². The summed E-state index contributed by atoms with van der Waals surface area (Å²) in [7, 11) is 0. The molecule has 3 atom stereocenters. The van der Waals surface area contributed by atoms with Gasteiger partial charge >= 0.3 is 0 Å². The molecule has 1 saturated carbocycles. The minimum atomic E-state index is -1.18. The molecule has 3 nitrogen and oxygen atoms in total. The Labute approximate surface area is 118 Å². The quantitative estimate of drug-likeness (QED) is 0.875. The van der Waals surface area contributed by atoms with Gasteiger partial charge in [-0.15, -0.1) is 0 Å². The van der Waals surface area contributed by atoms with Gasteiger partial charge < -0.3 is 10.8 Å². The van der Waals surface area contributed by atoms with Crippen molar-refractivity contribution in [3.63, 3.8) is 0 Å². The summed E-state index contributed by atoms with van der Waals surface area (Å²) in [5.74, 6) is 0.264. The molecule has 3 N–H and O–H groups in total. The number of hydrogen-bond donors (Lipinski definition) is 2. The van der Waals surface area contributed by atoms with E-state index in [1.807, 2.05) is 6.07 Å². The highest BCUT2D eigenvalue weighted by molar-refractivity contribution is 6.31. The lowest BCUT2D eigenvalue weighted by Crippen LogP contribution is -2.55. The van der Waals surface area contributed by atoms with E-state index in [0.717, 1.165) is 0 Å². The van der Waals surface area contributed by atoms with Crippen LogP contribution in [0.15, 0.2) is 24.3 Å². The number of aliphatic hydroxyl groups is 1. The molecule has 1 aromatic rings. The predicted molar refractivity (Wildman–Crippen MR) is 75.9 cm³/mol. The molecule has 0 unspecified atom stereocenters. The Morgan fingerprint density at radius 2 is 2.05 bits per heavy atom. The molecule has 1 aliphatic rings. The molecule has 0 bridgehead atoms. The van der Waals surface area contributed by atoms with Gasteiger partial charge in [0.15, 0.2) is 5.78 Å². The third kappa shape index (κ3) is 2.55. The smallest absolute Gasteiger partial charge is 0.185 e. The maximum atomic E-state index is 12.3. The first kappa shape index (κ1) is 14.5. The Balaban J connectivity index is 2.44. The summed E-state index contributed by atoms with van der Waals surface area (Å²) in [6.45, 7) is 4.17. The first-order chi connectivity index (χ1) is 8.86. The standard InChI is InChI=1S/C15H20ClNO2/c1-9(2)10-7-13(18)14(19)15(17,8-10)11-5-3-4-6-12(11)16/h3-6,9-10,13,18H,7-8,17H2,1-2H3/t10-,13-,15-/m0/s1. The van der Waals surface area contributed by atoms with E-state index >= 15 is 0 Å². The van der Waals surface area contributed by atoms with Gasteiger partial charge in [0.2, 0.25) is 0 Å². The van der Waals surface area contributed by atoms with Gasteiger partial charge in [0.05, 0.1) is 0 Å². The molecule has 1 aliphatic carbocycles. The van der Waals surface area contributed by atoms with E-state index in [-0.39, 0.29) is 11.7 Å². The topological polar surface area (TPSA) is 63.3 Å². The number of benzene rings is 1. The highest BCUT2D eigenvalue weighted by Crippen LogP contribution is 2.41. The molecule has 2 rings (SSSR count). The van der Waals surface area contributed by atoms with Crippen molar-refractivity contribution in [2.24, 2.45) is 17.6 Å². The third-order valence-electron chi connectivity index (χ3n) is 4.15. The summed E-state index contributed by atoms with van der Waals surface area (Å²) in [4.78, 5) is 12.3.